The SMILES string of the molecule is CC1=NC(C)=C(C)N=C(C)C1.CC=O.CC=O. The number of nitrogens with zero attached hydrogens (tertiary/aromatic N) is 2. The lowest BCUT2D eigenvalue weighted by molar-refractivity contribution is -0.106. The van der Waals surface area contributed by atoms with E-state index in [0.29, 0.717) is 0 Å². The van der Waals surface area contributed by atoms with Crippen LogP contribution in [0.15, 0.2) is 21.4 Å². The maximum absolute atomic E-state index is 8.81. The Morgan fingerprint density at radius 3 is 1.29 bits per heavy atom. The third-order valence-electron chi connectivity index (χ3n) is 1.75. The first-order valence-corrected chi connectivity index (χ1v) is 5.48. The molecule has 0 fully saturated rings. The molecule has 1 heterocycles. The molecule has 1 rings (SSSR count). The Labute approximate surface area is 104 Å². The Hall–Kier alpha value is -1.58. The number of aldehydes is 2. The van der Waals surface area contributed by atoms with E-state index in [2.05, 4.69) is 9.98 Å². The molecule has 0 aromatic heterocycles. The zero-order valence-corrected chi connectivity index (χ0v) is 11.6. The van der Waals surface area contributed by atoms with Crippen molar-refractivity contribution >= 4 is 24.0 Å². The molecule has 0 spiro atoms. The Morgan fingerprint density at radius 2 is 1.06 bits per heavy atom. The summed E-state index contributed by atoms with van der Waals surface area (Å²) >= 11 is 0. The Kier molecular flexibility index (Phi) is 11.4. The lowest BCUT2D eigenvalue weighted by Crippen LogP contribution is -1.98. The molecule has 4 heteroatoms. The van der Waals surface area contributed by atoms with Crippen molar-refractivity contribution in [2.75, 3.05) is 0 Å². The lowest BCUT2D eigenvalue weighted by Gasteiger charge is -1.93. The van der Waals surface area contributed by atoms with Crippen LogP contribution < -0.4 is 0 Å². The van der Waals surface area contributed by atoms with Gasteiger partial charge in [-0.1, -0.05) is 0 Å². The Bertz CT molecular complexity index is 307. The highest BCUT2D eigenvalue weighted by Crippen LogP contribution is 2.12. The molecule has 0 saturated heterocycles. The van der Waals surface area contributed by atoms with E-state index in [4.69, 9.17) is 9.59 Å². The molecule has 0 aromatic carbocycles. The zero-order valence-electron chi connectivity index (χ0n) is 11.6. The first kappa shape index (κ1) is 17.8. The van der Waals surface area contributed by atoms with E-state index in [1.807, 2.05) is 27.7 Å². The summed E-state index contributed by atoms with van der Waals surface area (Å²) in [6.07, 6.45) is 2.41. The van der Waals surface area contributed by atoms with Gasteiger partial charge in [-0.3, -0.25) is 9.98 Å². The quantitative estimate of drug-likeness (QED) is 0.609. The maximum atomic E-state index is 8.81. The lowest BCUT2D eigenvalue weighted by atomic mass is 10.2. The highest BCUT2D eigenvalue weighted by molar-refractivity contribution is 6.03. The normalized spacial score (nSPS) is 14.0. The van der Waals surface area contributed by atoms with Gasteiger partial charge in [0.25, 0.3) is 0 Å². The van der Waals surface area contributed by atoms with E-state index < -0.39 is 0 Å². The van der Waals surface area contributed by atoms with Crippen LogP contribution in [-0.4, -0.2) is 24.0 Å². The van der Waals surface area contributed by atoms with Crippen LogP contribution in [0.25, 0.3) is 0 Å². The fourth-order valence-corrected chi connectivity index (χ4v) is 1.18. The van der Waals surface area contributed by atoms with Crippen molar-refractivity contribution in [3.8, 4) is 0 Å². The van der Waals surface area contributed by atoms with Gasteiger partial charge in [0.2, 0.25) is 0 Å². The average Bonchev–Trinajstić information content (AvgIpc) is 2.28. The smallest absolute Gasteiger partial charge is 0.116 e. The highest BCUT2D eigenvalue weighted by atomic mass is 16.1. The molecule has 0 saturated carbocycles. The van der Waals surface area contributed by atoms with E-state index in [0.717, 1.165) is 41.8 Å². The number of hydrogen-bond acceptors (Lipinski definition) is 4. The molecule has 0 radical (unpaired) electrons. The summed E-state index contributed by atoms with van der Waals surface area (Å²) in [5.41, 5.74) is 4.39. The summed E-state index contributed by atoms with van der Waals surface area (Å²) in [6.45, 7) is 11.0. The molecule has 0 aliphatic carbocycles. The van der Waals surface area contributed by atoms with Crippen molar-refractivity contribution in [3.05, 3.63) is 11.4 Å². The molecule has 0 unspecified atom stereocenters. The minimum absolute atomic E-state index is 0.750. The summed E-state index contributed by atoms with van der Waals surface area (Å²) in [7, 11) is 0. The van der Waals surface area contributed by atoms with Crippen molar-refractivity contribution in [3.63, 3.8) is 0 Å². The molecular formula is C13H22N2O2. The van der Waals surface area contributed by atoms with E-state index >= 15 is 0 Å². The van der Waals surface area contributed by atoms with Crippen molar-refractivity contribution in [2.24, 2.45) is 9.98 Å². The fourth-order valence-electron chi connectivity index (χ4n) is 1.18. The van der Waals surface area contributed by atoms with Gasteiger partial charge >= 0.3 is 0 Å². The first-order chi connectivity index (χ1) is 7.92. The monoisotopic (exact) mass is 238 g/mol. The zero-order chi connectivity index (χ0) is 13.8. The van der Waals surface area contributed by atoms with Crippen LogP contribution in [0.4, 0.5) is 0 Å². The maximum Gasteiger partial charge on any atom is 0.116 e. The fraction of sp³-hybridized carbons (Fsp3) is 0.538. The first-order valence-electron chi connectivity index (χ1n) is 5.48. The van der Waals surface area contributed by atoms with Gasteiger partial charge in [0.15, 0.2) is 0 Å². The van der Waals surface area contributed by atoms with E-state index in [9.17, 15) is 0 Å². The molecule has 96 valence electrons. The van der Waals surface area contributed by atoms with Crippen LogP contribution in [0.1, 0.15) is 48.0 Å². The number of carbonyl (C=O) groups excluding carboxylic acids is 2. The van der Waals surface area contributed by atoms with Gasteiger partial charge in [0, 0.05) is 17.8 Å². The molecule has 1 aliphatic heterocycles. The van der Waals surface area contributed by atoms with Gasteiger partial charge in [-0.15, -0.1) is 0 Å². The van der Waals surface area contributed by atoms with Gasteiger partial charge in [-0.25, -0.2) is 0 Å². The summed E-state index contributed by atoms with van der Waals surface area (Å²) < 4.78 is 0. The molecular weight excluding hydrogens is 216 g/mol. The van der Waals surface area contributed by atoms with Crippen LogP contribution in [0.5, 0.6) is 0 Å². The minimum atomic E-state index is 0.750. The predicted molar refractivity (Wildman–Crippen MR) is 72.7 cm³/mol. The van der Waals surface area contributed by atoms with Gasteiger partial charge in [-0.05, 0) is 41.5 Å². The van der Waals surface area contributed by atoms with Gasteiger partial charge in [0.05, 0.1) is 11.4 Å². The summed E-state index contributed by atoms with van der Waals surface area (Å²) in [6, 6.07) is 0. The van der Waals surface area contributed by atoms with Gasteiger partial charge in [0.1, 0.15) is 12.6 Å². The van der Waals surface area contributed by atoms with Crippen LogP contribution in [0.3, 0.4) is 0 Å². The number of aliphatic imine (C=N–C) groups is 2. The largest absolute Gasteiger partial charge is 0.304 e. The third kappa shape index (κ3) is 10.7. The van der Waals surface area contributed by atoms with Gasteiger partial charge in [-0.2, -0.15) is 0 Å². The van der Waals surface area contributed by atoms with E-state index in [1.54, 1.807) is 0 Å². The van der Waals surface area contributed by atoms with Crippen LogP contribution in [-0.2, 0) is 9.59 Å². The summed E-state index contributed by atoms with van der Waals surface area (Å²) in [5.74, 6) is 0. The third-order valence-corrected chi connectivity index (χ3v) is 1.75. The molecule has 0 amide bonds. The second-order valence-corrected chi connectivity index (χ2v) is 3.51. The van der Waals surface area contributed by atoms with Gasteiger partial charge < -0.3 is 9.59 Å². The number of allylic oxidation sites excluding steroid dienone is 2. The summed E-state index contributed by atoms with van der Waals surface area (Å²) in [5, 5.41) is 0. The van der Waals surface area contributed by atoms with Crippen molar-refractivity contribution in [1.82, 2.24) is 0 Å². The second-order valence-electron chi connectivity index (χ2n) is 3.51. The number of hydrogen-bond donors (Lipinski definition) is 0. The van der Waals surface area contributed by atoms with Crippen molar-refractivity contribution < 1.29 is 9.59 Å². The standard InChI is InChI=1S/C9H14N2.2C2H4O/c1-6-5-7(2)11-9(4)8(3)10-6;2*1-2-3/h5H2,1-4H3;2*2H,1H3. The van der Waals surface area contributed by atoms with Crippen LogP contribution >= 0.6 is 0 Å². The molecule has 0 aromatic rings. The van der Waals surface area contributed by atoms with Crippen LogP contribution in [0, 0.1) is 0 Å². The van der Waals surface area contributed by atoms with E-state index in [1.165, 1.54) is 13.8 Å². The van der Waals surface area contributed by atoms with Crippen molar-refractivity contribution in [2.45, 2.75) is 48.0 Å². The predicted octanol–water partition coefficient (Wildman–Crippen LogP) is 2.97. The topological polar surface area (TPSA) is 58.9 Å². The molecule has 0 N–H and O–H groups in total. The Morgan fingerprint density at radius 1 is 0.824 bits per heavy atom. The van der Waals surface area contributed by atoms with Crippen LogP contribution in [0.2, 0.25) is 0 Å². The molecule has 0 bridgehead atoms. The highest BCUT2D eigenvalue weighted by Gasteiger charge is 2.03. The second kappa shape index (κ2) is 10.9. The minimum Gasteiger partial charge on any atom is -0.304 e. The van der Waals surface area contributed by atoms with Crippen molar-refractivity contribution in [1.29, 1.82) is 0 Å². The van der Waals surface area contributed by atoms with E-state index in [-0.39, 0.29) is 0 Å². The summed E-state index contributed by atoms with van der Waals surface area (Å²) in [4.78, 5) is 26.4. The molecule has 17 heavy (non-hydrogen) atoms. The molecule has 1 aliphatic rings. The number of carbonyl (C=O) groups is 2. The molecule has 0 atom stereocenters. The average molecular weight is 238 g/mol. The number of rotatable bonds is 0. The Balaban J connectivity index is 0. The molecule has 4 nitrogen and oxygen atoms in total.